The highest BCUT2D eigenvalue weighted by atomic mass is 32.2. The zero-order valence-corrected chi connectivity index (χ0v) is 10.2. The number of thioether (sulfide) groups is 2. The number of rotatable bonds is 3. The van der Waals surface area contributed by atoms with Crippen molar-refractivity contribution in [2.24, 2.45) is 0 Å². The summed E-state index contributed by atoms with van der Waals surface area (Å²) in [6, 6.07) is 0. The largest absolute Gasteiger partial charge is 0.291 e. The van der Waals surface area contributed by atoms with Crippen LogP contribution in [0.25, 0.3) is 0 Å². The van der Waals surface area contributed by atoms with Gasteiger partial charge in [-0.25, -0.2) is 4.68 Å². The number of aromatic nitrogens is 3. The van der Waals surface area contributed by atoms with Crippen LogP contribution in [0, 0.1) is 0 Å². The molecule has 1 saturated heterocycles. The van der Waals surface area contributed by atoms with Crippen molar-refractivity contribution in [3.05, 3.63) is 11.9 Å². The van der Waals surface area contributed by atoms with E-state index in [0.717, 1.165) is 17.3 Å². The minimum absolute atomic E-state index is 0.0903. The molecule has 0 bridgehead atoms. The van der Waals surface area contributed by atoms with Crippen LogP contribution >= 0.6 is 23.5 Å². The summed E-state index contributed by atoms with van der Waals surface area (Å²) in [5.74, 6) is 3.31. The van der Waals surface area contributed by atoms with E-state index in [1.807, 2.05) is 18.7 Å². The van der Waals surface area contributed by atoms with Gasteiger partial charge in [0.25, 0.3) is 0 Å². The number of ketones is 1. The van der Waals surface area contributed by atoms with E-state index in [9.17, 15) is 4.79 Å². The number of hydrogen-bond acceptors (Lipinski definition) is 5. The van der Waals surface area contributed by atoms with Crippen molar-refractivity contribution in [2.45, 2.75) is 18.7 Å². The van der Waals surface area contributed by atoms with Crippen LogP contribution in [0.4, 0.5) is 0 Å². The fourth-order valence-electron chi connectivity index (χ4n) is 1.49. The molecule has 6 heteroatoms. The molecular weight excluding hydrogens is 230 g/mol. The molecule has 1 atom stereocenters. The molecule has 2 rings (SSSR count). The maximum absolute atomic E-state index is 12.1. The van der Waals surface area contributed by atoms with E-state index >= 15 is 0 Å². The predicted octanol–water partition coefficient (Wildman–Crippen LogP) is 1.33. The Bertz CT molecular complexity index is 347. The van der Waals surface area contributed by atoms with Crippen LogP contribution < -0.4 is 0 Å². The third-order valence-electron chi connectivity index (χ3n) is 2.28. The zero-order chi connectivity index (χ0) is 10.7. The molecule has 1 fully saturated rings. The van der Waals surface area contributed by atoms with Crippen molar-refractivity contribution in [2.75, 3.05) is 17.3 Å². The summed E-state index contributed by atoms with van der Waals surface area (Å²) in [5.41, 5.74) is 0.650. The lowest BCUT2D eigenvalue weighted by molar-refractivity contribution is 0.0985. The van der Waals surface area contributed by atoms with Gasteiger partial charge in [-0.15, -0.1) is 16.9 Å². The van der Waals surface area contributed by atoms with E-state index in [2.05, 4.69) is 10.3 Å². The molecule has 2 heterocycles. The Labute approximate surface area is 97.2 Å². The lowest BCUT2D eigenvalue weighted by atomic mass is 10.2. The smallest absolute Gasteiger partial charge is 0.196 e. The molecule has 1 aromatic rings. The maximum atomic E-state index is 12.1. The van der Waals surface area contributed by atoms with Crippen molar-refractivity contribution >= 4 is 29.3 Å². The molecular formula is C9H13N3OS2. The Hall–Kier alpha value is -0.490. The van der Waals surface area contributed by atoms with Gasteiger partial charge in [0.1, 0.15) is 5.69 Å². The molecule has 4 nitrogen and oxygen atoms in total. The van der Waals surface area contributed by atoms with Crippen molar-refractivity contribution in [1.82, 2.24) is 15.0 Å². The summed E-state index contributed by atoms with van der Waals surface area (Å²) in [7, 11) is 0. The van der Waals surface area contributed by atoms with Crippen molar-refractivity contribution < 1.29 is 4.79 Å². The summed E-state index contributed by atoms with van der Waals surface area (Å²) in [5, 5.41) is 7.76. The SMILES string of the molecule is CCn1nncc1C(=O)C1CSCCS1. The normalized spacial score (nSPS) is 21.5. The molecule has 15 heavy (non-hydrogen) atoms. The first-order valence-electron chi connectivity index (χ1n) is 4.95. The zero-order valence-electron chi connectivity index (χ0n) is 8.55. The van der Waals surface area contributed by atoms with E-state index in [-0.39, 0.29) is 11.0 Å². The van der Waals surface area contributed by atoms with Gasteiger partial charge in [0, 0.05) is 23.8 Å². The molecule has 1 unspecified atom stereocenters. The van der Waals surface area contributed by atoms with Gasteiger partial charge >= 0.3 is 0 Å². The highest BCUT2D eigenvalue weighted by Crippen LogP contribution is 2.26. The van der Waals surface area contributed by atoms with Crippen LogP contribution in [0.1, 0.15) is 17.4 Å². The number of nitrogens with zero attached hydrogens (tertiary/aromatic N) is 3. The number of aryl methyl sites for hydroxylation is 1. The Balaban J connectivity index is 2.12. The van der Waals surface area contributed by atoms with Crippen LogP contribution in [0.2, 0.25) is 0 Å². The molecule has 0 N–H and O–H groups in total. The van der Waals surface area contributed by atoms with Gasteiger partial charge in [-0.05, 0) is 6.92 Å². The van der Waals surface area contributed by atoms with Gasteiger partial charge in [0.2, 0.25) is 0 Å². The van der Waals surface area contributed by atoms with Gasteiger partial charge in [0.05, 0.1) is 11.4 Å². The standard InChI is InChI=1S/C9H13N3OS2/c1-2-12-7(5-10-11-12)9(13)8-6-14-3-4-15-8/h5,8H,2-4,6H2,1H3. The number of carbonyl (C=O) groups excluding carboxylic acids is 1. The first-order chi connectivity index (χ1) is 7.33. The minimum Gasteiger partial charge on any atom is -0.291 e. The molecule has 0 radical (unpaired) electrons. The van der Waals surface area contributed by atoms with Gasteiger partial charge in [-0.1, -0.05) is 5.21 Å². The minimum atomic E-state index is 0.0903. The number of carbonyl (C=O) groups is 1. The summed E-state index contributed by atoms with van der Waals surface area (Å²) in [6.07, 6.45) is 1.58. The third-order valence-corrected chi connectivity index (χ3v) is 5.03. The highest BCUT2D eigenvalue weighted by Gasteiger charge is 2.25. The second-order valence-electron chi connectivity index (χ2n) is 3.23. The Morgan fingerprint density at radius 3 is 3.20 bits per heavy atom. The number of hydrogen-bond donors (Lipinski definition) is 0. The summed E-state index contributed by atoms with van der Waals surface area (Å²) in [6.45, 7) is 2.67. The van der Waals surface area contributed by atoms with Crippen LogP contribution in [0.3, 0.4) is 0 Å². The Morgan fingerprint density at radius 1 is 1.67 bits per heavy atom. The van der Waals surface area contributed by atoms with E-state index < -0.39 is 0 Å². The van der Waals surface area contributed by atoms with E-state index in [1.165, 1.54) is 0 Å². The van der Waals surface area contributed by atoms with E-state index in [4.69, 9.17) is 0 Å². The van der Waals surface area contributed by atoms with Crippen LogP contribution in [-0.2, 0) is 6.54 Å². The average molecular weight is 243 g/mol. The molecule has 0 aromatic carbocycles. The Kier molecular flexibility index (Phi) is 3.69. The van der Waals surface area contributed by atoms with Crippen molar-refractivity contribution in [3.63, 3.8) is 0 Å². The fourth-order valence-corrected chi connectivity index (χ4v) is 4.10. The van der Waals surface area contributed by atoms with Crippen LogP contribution in [0.15, 0.2) is 6.20 Å². The lowest BCUT2D eigenvalue weighted by Crippen LogP contribution is -2.26. The van der Waals surface area contributed by atoms with Gasteiger partial charge in [-0.3, -0.25) is 4.79 Å². The monoisotopic (exact) mass is 243 g/mol. The first kappa shape index (κ1) is 11.0. The topological polar surface area (TPSA) is 47.8 Å². The molecule has 1 aliphatic heterocycles. The summed E-state index contributed by atoms with van der Waals surface area (Å²) in [4.78, 5) is 12.1. The molecule has 82 valence electrons. The summed E-state index contributed by atoms with van der Waals surface area (Å²) < 4.78 is 1.67. The molecule has 0 saturated carbocycles. The molecule has 1 aromatic heterocycles. The Morgan fingerprint density at radius 2 is 2.53 bits per heavy atom. The van der Waals surface area contributed by atoms with E-state index in [0.29, 0.717) is 12.2 Å². The molecule has 0 aliphatic carbocycles. The molecule has 0 spiro atoms. The average Bonchev–Trinajstić information content (AvgIpc) is 2.77. The molecule has 1 aliphatic rings. The molecule has 0 amide bonds. The second-order valence-corrected chi connectivity index (χ2v) is 5.69. The maximum Gasteiger partial charge on any atom is 0.196 e. The van der Waals surface area contributed by atoms with Crippen molar-refractivity contribution in [3.8, 4) is 0 Å². The van der Waals surface area contributed by atoms with Gasteiger partial charge in [-0.2, -0.15) is 11.8 Å². The van der Waals surface area contributed by atoms with Gasteiger partial charge < -0.3 is 0 Å². The van der Waals surface area contributed by atoms with Gasteiger partial charge in [0.15, 0.2) is 5.78 Å². The van der Waals surface area contributed by atoms with E-state index in [1.54, 1.807) is 22.6 Å². The predicted molar refractivity (Wildman–Crippen MR) is 63.6 cm³/mol. The third kappa shape index (κ3) is 2.36. The number of Topliss-reactive ketones (excluding diaryl/α,β-unsaturated/α-hetero) is 1. The lowest BCUT2D eigenvalue weighted by Gasteiger charge is -2.19. The van der Waals surface area contributed by atoms with Crippen molar-refractivity contribution in [1.29, 1.82) is 0 Å². The second kappa shape index (κ2) is 5.03. The van der Waals surface area contributed by atoms with Crippen LogP contribution in [0.5, 0.6) is 0 Å². The first-order valence-corrected chi connectivity index (χ1v) is 7.15. The quantitative estimate of drug-likeness (QED) is 0.750. The highest BCUT2D eigenvalue weighted by molar-refractivity contribution is 8.07. The summed E-state index contributed by atoms with van der Waals surface area (Å²) >= 11 is 3.60. The van der Waals surface area contributed by atoms with Crippen LogP contribution in [-0.4, -0.2) is 43.3 Å². The fraction of sp³-hybridized carbons (Fsp3) is 0.667.